The molecule has 0 spiro atoms. The average Bonchev–Trinajstić information content (AvgIpc) is 3.24. The minimum atomic E-state index is -1.01. The molecule has 1 saturated carbocycles. The molecule has 1 atom stereocenters. The molecule has 1 saturated heterocycles. The van der Waals surface area contributed by atoms with Crippen LogP contribution in [0.25, 0.3) is 0 Å². The van der Waals surface area contributed by atoms with Crippen molar-refractivity contribution >= 4 is 17.8 Å². The van der Waals surface area contributed by atoms with Gasteiger partial charge in [-0.3, -0.25) is 14.4 Å². The molecule has 1 aliphatic carbocycles. The van der Waals surface area contributed by atoms with Gasteiger partial charge in [0.25, 0.3) is 0 Å². The summed E-state index contributed by atoms with van der Waals surface area (Å²) in [6.45, 7) is 0.391. The van der Waals surface area contributed by atoms with E-state index < -0.39 is 5.97 Å². The first-order chi connectivity index (χ1) is 11.5. The minimum absolute atomic E-state index is 0.0643. The van der Waals surface area contributed by atoms with Crippen LogP contribution in [0.15, 0.2) is 6.20 Å². The normalized spacial score (nSPS) is 21.4. The molecule has 2 N–H and O–H groups in total. The number of nitrogens with zero attached hydrogens (tertiary/aromatic N) is 4. The summed E-state index contributed by atoms with van der Waals surface area (Å²) in [5.41, 5.74) is 0.488. The molecular formula is C15H21N5O4. The van der Waals surface area contributed by atoms with Gasteiger partial charge in [0.1, 0.15) is 12.2 Å². The molecule has 9 nitrogen and oxygen atoms in total. The molecule has 1 aliphatic heterocycles. The Kier molecular flexibility index (Phi) is 4.77. The van der Waals surface area contributed by atoms with Crippen molar-refractivity contribution in [2.24, 2.45) is 5.92 Å². The Balaban J connectivity index is 1.49. The summed E-state index contributed by atoms with van der Waals surface area (Å²) in [5, 5.41) is 18.9. The van der Waals surface area contributed by atoms with E-state index in [2.05, 4.69) is 15.6 Å². The van der Waals surface area contributed by atoms with Gasteiger partial charge in [0.05, 0.1) is 18.7 Å². The number of aromatic nitrogens is 3. The molecule has 1 aromatic rings. The van der Waals surface area contributed by atoms with E-state index in [1.165, 1.54) is 10.9 Å². The largest absolute Gasteiger partial charge is 0.480 e. The lowest BCUT2D eigenvalue weighted by Crippen LogP contribution is -2.36. The van der Waals surface area contributed by atoms with Gasteiger partial charge >= 0.3 is 5.97 Å². The highest BCUT2D eigenvalue weighted by atomic mass is 16.4. The molecule has 0 bridgehead atoms. The third-order valence-electron chi connectivity index (χ3n) is 4.62. The first kappa shape index (κ1) is 16.4. The number of amides is 2. The average molecular weight is 335 g/mol. The van der Waals surface area contributed by atoms with Gasteiger partial charge in [-0.15, -0.1) is 5.10 Å². The monoisotopic (exact) mass is 335 g/mol. The maximum Gasteiger partial charge on any atom is 0.325 e. The number of rotatable bonds is 6. The fourth-order valence-electron chi connectivity index (χ4n) is 3.43. The van der Waals surface area contributed by atoms with Crippen LogP contribution in [0.4, 0.5) is 0 Å². The molecule has 2 fully saturated rings. The van der Waals surface area contributed by atoms with Crippen LogP contribution in [0.1, 0.15) is 37.8 Å². The summed E-state index contributed by atoms with van der Waals surface area (Å²) in [6.07, 6.45) is 6.11. The van der Waals surface area contributed by atoms with E-state index >= 15 is 0 Å². The number of nitrogens with one attached hydrogen (secondary N) is 1. The molecule has 2 amide bonds. The molecule has 2 heterocycles. The lowest BCUT2D eigenvalue weighted by atomic mass is 10.1. The summed E-state index contributed by atoms with van der Waals surface area (Å²) in [4.78, 5) is 36.8. The highest BCUT2D eigenvalue weighted by Gasteiger charge is 2.38. The zero-order valence-corrected chi connectivity index (χ0v) is 13.3. The second kappa shape index (κ2) is 6.98. The Morgan fingerprint density at radius 2 is 2.08 bits per heavy atom. The zero-order valence-electron chi connectivity index (χ0n) is 13.3. The Bertz CT molecular complexity index is 638. The summed E-state index contributed by atoms with van der Waals surface area (Å²) in [7, 11) is 0. The third-order valence-corrected chi connectivity index (χ3v) is 4.62. The molecule has 130 valence electrons. The van der Waals surface area contributed by atoms with Crippen molar-refractivity contribution in [2.75, 3.05) is 6.54 Å². The fraction of sp³-hybridized carbons (Fsp3) is 0.667. The van der Waals surface area contributed by atoms with E-state index in [1.807, 2.05) is 4.90 Å². The minimum Gasteiger partial charge on any atom is -0.480 e. The van der Waals surface area contributed by atoms with Crippen molar-refractivity contribution in [1.29, 1.82) is 0 Å². The van der Waals surface area contributed by atoms with E-state index in [9.17, 15) is 14.4 Å². The van der Waals surface area contributed by atoms with Crippen LogP contribution in [0.3, 0.4) is 0 Å². The number of carboxylic acid groups (broad SMARTS) is 1. The number of carboxylic acids is 1. The van der Waals surface area contributed by atoms with E-state index in [0.29, 0.717) is 18.3 Å². The van der Waals surface area contributed by atoms with Gasteiger partial charge in [-0.2, -0.15) is 0 Å². The molecule has 3 rings (SSSR count). The smallest absolute Gasteiger partial charge is 0.325 e. The van der Waals surface area contributed by atoms with E-state index in [0.717, 1.165) is 25.7 Å². The Morgan fingerprint density at radius 1 is 1.33 bits per heavy atom. The lowest BCUT2D eigenvalue weighted by Gasteiger charge is -2.23. The van der Waals surface area contributed by atoms with E-state index in [1.54, 1.807) is 0 Å². The van der Waals surface area contributed by atoms with Crippen LogP contribution in [-0.2, 0) is 27.5 Å². The molecule has 1 unspecified atom stereocenters. The third kappa shape index (κ3) is 3.72. The summed E-state index contributed by atoms with van der Waals surface area (Å²) in [6, 6.07) is 0.297. The number of aliphatic carboxylic acids is 1. The van der Waals surface area contributed by atoms with Gasteiger partial charge < -0.3 is 15.3 Å². The second-order valence-electron chi connectivity index (χ2n) is 6.40. The van der Waals surface area contributed by atoms with Gasteiger partial charge in [-0.25, -0.2) is 4.68 Å². The summed E-state index contributed by atoms with van der Waals surface area (Å²) >= 11 is 0. The SMILES string of the molecule is O=C(O)Cn1cc(CNC(=O)C2CC(=O)N(C3CCCC3)C2)nn1. The highest BCUT2D eigenvalue weighted by molar-refractivity contribution is 5.89. The van der Waals surface area contributed by atoms with Gasteiger partial charge in [0.15, 0.2) is 0 Å². The number of carbonyl (C=O) groups excluding carboxylic acids is 2. The maximum atomic E-state index is 12.3. The van der Waals surface area contributed by atoms with Crippen LogP contribution >= 0.6 is 0 Å². The van der Waals surface area contributed by atoms with Crippen molar-refractivity contribution < 1.29 is 19.5 Å². The van der Waals surface area contributed by atoms with Crippen LogP contribution < -0.4 is 5.32 Å². The standard InChI is InChI=1S/C15H21N5O4/c21-13-5-10(7-20(13)12-3-1-2-4-12)15(24)16-6-11-8-19(18-17-11)9-14(22)23/h8,10,12H,1-7,9H2,(H,16,24)(H,22,23). The van der Waals surface area contributed by atoms with Crippen molar-refractivity contribution in [3.05, 3.63) is 11.9 Å². The van der Waals surface area contributed by atoms with Crippen LogP contribution in [0.2, 0.25) is 0 Å². The van der Waals surface area contributed by atoms with Crippen molar-refractivity contribution in [3.8, 4) is 0 Å². The number of carbonyl (C=O) groups is 3. The Labute approximate surface area is 139 Å². The zero-order chi connectivity index (χ0) is 17.1. The fourth-order valence-corrected chi connectivity index (χ4v) is 3.43. The first-order valence-electron chi connectivity index (χ1n) is 8.21. The van der Waals surface area contributed by atoms with Gasteiger partial charge in [-0.1, -0.05) is 18.1 Å². The number of likely N-dealkylation sites (tertiary alicyclic amines) is 1. The molecule has 9 heteroatoms. The van der Waals surface area contributed by atoms with Gasteiger partial charge in [0, 0.05) is 19.0 Å². The molecule has 0 radical (unpaired) electrons. The molecular weight excluding hydrogens is 314 g/mol. The topological polar surface area (TPSA) is 117 Å². The van der Waals surface area contributed by atoms with E-state index in [4.69, 9.17) is 5.11 Å². The van der Waals surface area contributed by atoms with Crippen LogP contribution in [0, 0.1) is 5.92 Å². The van der Waals surface area contributed by atoms with Crippen molar-refractivity contribution in [2.45, 2.75) is 51.2 Å². The van der Waals surface area contributed by atoms with Gasteiger partial charge in [0.2, 0.25) is 11.8 Å². The van der Waals surface area contributed by atoms with Gasteiger partial charge in [-0.05, 0) is 12.8 Å². The second-order valence-corrected chi connectivity index (χ2v) is 6.40. The predicted molar refractivity (Wildman–Crippen MR) is 81.6 cm³/mol. The maximum absolute atomic E-state index is 12.3. The quantitative estimate of drug-likeness (QED) is 0.741. The van der Waals surface area contributed by atoms with Crippen LogP contribution in [-0.4, -0.2) is 55.4 Å². The molecule has 2 aliphatic rings. The van der Waals surface area contributed by atoms with Crippen molar-refractivity contribution in [1.82, 2.24) is 25.2 Å². The molecule has 24 heavy (non-hydrogen) atoms. The Morgan fingerprint density at radius 3 is 2.79 bits per heavy atom. The summed E-state index contributed by atoms with van der Waals surface area (Å²) in [5.74, 6) is -1.44. The van der Waals surface area contributed by atoms with Crippen LogP contribution in [0.5, 0.6) is 0 Å². The van der Waals surface area contributed by atoms with E-state index in [-0.39, 0.29) is 37.2 Å². The number of hydrogen-bond donors (Lipinski definition) is 2. The highest BCUT2D eigenvalue weighted by Crippen LogP contribution is 2.29. The first-order valence-corrected chi connectivity index (χ1v) is 8.21. The molecule has 0 aromatic carbocycles. The predicted octanol–water partition coefficient (Wildman–Crippen LogP) is -0.230. The lowest BCUT2D eigenvalue weighted by molar-refractivity contribution is -0.138. The number of hydrogen-bond acceptors (Lipinski definition) is 5. The molecule has 1 aromatic heterocycles. The Hall–Kier alpha value is -2.45. The van der Waals surface area contributed by atoms with Crippen molar-refractivity contribution in [3.63, 3.8) is 0 Å². The summed E-state index contributed by atoms with van der Waals surface area (Å²) < 4.78 is 1.20.